The minimum absolute atomic E-state index is 0.111. The second kappa shape index (κ2) is 17.5. The summed E-state index contributed by atoms with van der Waals surface area (Å²) < 4.78 is 4.84. The lowest BCUT2D eigenvalue weighted by Crippen LogP contribution is -2.21. The van der Waals surface area contributed by atoms with Gasteiger partial charge in [0.25, 0.3) is 0 Å². The number of rotatable bonds is 16. The summed E-state index contributed by atoms with van der Waals surface area (Å²) >= 11 is 0. The van der Waals surface area contributed by atoms with Gasteiger partial charge in [-0.3, -0.25) is 4.79 Å². The van der Waals surface area contributed by atoms with E-state index in [0.29, 0.717) is 6.42 Å². The number of carbonyl (C=O) groups is 1. The van der Waals surface area contributed by atoms with E-state index in [1.807, 2.05) is 0 Å². The SMILES string of the molecule is CCCCCCC=CCCCCCCCC(=O)OCC(O)CO. The molecule has 0 aliphatic rings. The van der Waals surface area contributed by atoms with Crippen LogP contribution in [0.1, 0.15) is 84.0 Å². The van der Waals surface area contributed by atoms with E-state index in [-0.39, 0.29) is 19.2 Å². The molecule has 0 saturated carbocycles. The summed E-state index contributed by atoms with van der Waals surface area (Å²) in [6.07, 6.45) is 17.2. The molecular weight excluding hydrogens is 292 g/mol. The van der Waals surface area contributed by atoms with Gasteiger partial charge in [0.2, 0.25) is 0 Å². The first-order valence-electron chi connectivity index (χ1n) is 9.30. The fourth-order valence-corrected chi connectivity index (χ4v) is 2.30. The number of hydrogen-bond donors (Lipinski definition) is 2. The largest absolute Gasteiger partial charge is 0.463 e. The Balaban J connectivity index is 3.24. The summed E-state index contributed by atoms with van der Waals surface area (Å²) in [5.74, 6) is -0.288. The van der Waals surface area contributed by atoms with Gasteiger partial charge in [0, 0.05) is 6.42 Å². The van der Waals surface area contributed by atoms with Crippen LogP contribution in [0.2, 0.25) is 0 Å². The summed E-state index contributed by atoms with van der Waals surface area (Å²) in [6, 6.07) is 0. The van der Waals surface area contributed by atoms with Crippen LogP contribution in [0.25, 0.3) is 0 Å². The van der Waals surface area contributed by atoms with Crippen LogP contribution < -0.4 is 0 Å². The van der Waals surface area contributed by atoms with E-state index in [9.17, 15) is 4.79 Å². The Labute approximate surface area is 141 Å². The molecule has 23 heavy (non-hydrogen) atoms. The van der Waals surface area contributed by atoms with Crippen LogP contribution in [0.4, 0.5) is 0 Å². The van der Waals surface area contributed by atoms with Crippen molar-refractivity contribution in [2.75, 3.05) is 13.2 Å². The number of aliphatic hydroxyl groups is 2. The lowest BCUT2D eigenvalue weighted by Gasteiger charge is -2.08. The van der Waals surface area contributed by atoms with Crippen molar-refractivity contribution in [2.24, 2.45) is 0 Å². The fourth-order valence-electron chi connectivity index (χ4n) is 2.30. The van der Waals surface area contributed by atoms with Crippen molar-refractivity contribution < 1.29 is 19.7 Å². The number of unbranched alkanes of at least 4 members (excludes halogenated alkanes) is 9. The molecule has 0 aromatic rings. The number of ether oxygens (including phenoxy) is 1. The highest BCUT2D eigenvalue weighted by molar-refractivity contribution is 5.69. The first kappa shape index (κ1) is 22.1. The lowest BCUT2D eigenvalue weighted by atomic mass is 10.1. The van der Waals surface area contributed by atoms with E-state index >= 15 is 0 Å². The van der Waals surface area contributed by atoms with Gasteiger partial charge in [0.15, 0.2) is 0 Å². The second-order valence-electron chi connectivity index (χ2n) is 6.15. The van der Waals surface area contributed by atoms with Crippen LogP contribution in [0, 0.1) is 0 Å². The van der Waals surface area contributed by atoms with Crippen molar-refractivity contribution in [2.45, 2.75) is 90.1 Å². The van der Waals surface area contributed by atoms with Crippen molar-refractivity contribution in [3.63, 3.8) is 0 Å². The first-order valence-corrected chi connectivity index (χ1v) is 9.30. The third kappa shape index (κ3) is 17.3. The van der Waals surface area contributed by atoms with Gasteiger partial charge in [-0.1, -0.05) is 57.6 Å². The van der Waals surface area contributed by atoms with E-state index in [2.05, 4.69) is 19.1 Å². The van der Waals surface area contributed by atoms with E-state index in [4.69, 9.17) is 14.9 Å². The van der Waals surface area contributed by atoms with Gasteiger partial charge in [-0.2, -0.15) is 0 Å². The Morgan fingerprint density at radius 2 is 1.52 bits per heavy atom. The third-order valence-corrected chi connectivity index (χ3v) is 3.79. The molecule has 0 spiro atoms. The molecule has 0 fully saturated rings. The maximum atomic E-state index is 11.3. The van der Waals surface area contributed by atoms with Crippen LogP contribution in [-0.4, -0.2) is 35.5 Å². The number of hydrogen-bond acceptors (Lipinski definition) is 4. The van der Waals surface area contributed by atoms with Crippen LogP contribution in [0.15, 0.2) is 12.2 Å². The van der Waals surface area contributed by atoms with Crippen molar-refractivity contribution in [1.29, 1.82) is 0 Å². The number of aliphatic hydroxyl groups excluding tert-OH is 2. The van der Waals surface area contributed by atoms with Crippen LogP contribution in [-0.2, 0) is 9.53 Å². The number of esters is 1. The minimum atomic E-state index is -0.960. The van der Waals surface area contributed by atoms with Gasteiger partial charge in [-0.05, 0) is 32.1 Å². The number of carbonyl (C=O) groups excluding carboxylic acids is 1. The molecule has 0 saturated heterocycles. The molecule has 1 atom stereocenters. The van der Waals surface area contributed by atoms with Crippen molar-refractivity contribution in [3.8, 4) is 0 Å². The molecule has 136 valence electrons. The van der Waals surface area contributed by atoms with Gasteiger partial charge in [0.1, 0.15) is 12.7 Å². The van der Waals surface area contributed by atoms with Gasteiger partial charge >= 0.3 is 5.97 Å². The zero-order chi connectivity index (χ0) is 17.2. The van der Waals surface area contributed by atoms with Crippen LogP contribution in [0.3, 0.4) is 0 Å². The highest BCUT2D eigenvalue weighted by atomic mass is 16.5. The molecule has 0 aromatic heterocycles. The van der Waals surface area contributed by atoms with Gasteiger partial charge < -0.3 is 14.9 Å². The van der Waals surface area contributed by atoms with Crippen molar-refractivity contribution in [3.05, 3.63) is 12.2 Å². The first-order chi connectivity index (χ1) is 11.2. The minimum Gasteiger partial charge on any atom is -0.463 e. The molecule has 0 aliphatic heterocycles. The maximum absolute atomic E-state index is 11.3. The predicted octanol–water partition coefficient (Wildman–Crippen LogP) is 4.14. The molecule has 2 N–H and O–H groups in total. The van der Waals surface area contributed by atoms with E-state index in [1.54, 1.807) is 0 Å². The molecule has 0 aliphatic carbocycles. The Hall–Kier alpha value is -0.870. The Bertz CT molecular complexity index is 289. The maximum Gasteiger partial charge on any atom is 0.305 e. The highest BCUT2D eigenvalue weighted by Crippen LogP contribution is 2.09. The topological polar surface area (TPSA) is 66.8 Å². The lowest BCUT2D eigenvalue weighted by molar-refractivity contribution is -0.147. The van der Waals surface area contributed by atoms with E-state index in [0.717, 1.165) is 25.7 Å². The molecule has 0 bridgehead atoms. The summed E-state index contributed by atoms with van der Waals surface area (Å²) in [5.41, 5.74) is 0. The third-order valence-electron chi connectivity index (χ3n) is 3.79. The molecule has 0 aromatic carbocycles. The average molecular weight is 328 g/mol. The average Bonchev–Trinajstić information content (AvgIpc) is 2.56. The molecule has 0 radical (unpaired) electrons. The van der Waals surface area contributed by atoms with Crippen molar-refractivity contribution in [1.82, 2.24) is 0 Å². The molecule has 0 rings (SSSR count). The summed E-state index contributed by atoms with van der Waals surface area (Å²) in [5, 5.41) is 17.7. The molecule has 0 amide bonds. The smallest absolute Gasteiger partial charge is 0.305 e. The van der Waals surface area contributed by atoms with Gasteiger partial charge in [-0.25, -0.2) is 0 Å². The predicted molar refractivity (Wildman–Crippen MR) is 94.3 cm³/mol. The zero-order valence-electron chi connectivity index (χ0n) is 14.8. The van der Waals surface area contributed by atoms with Gasteiger partial charge in [0.05, 0.1) is 6.61 Å². The molecule has 1 unspecified atom stereocenters. The quantitative estimate of drug-likeness (QED) is 0.254. The summed E-state index contributed by atoms with van der Waals surface area (Å²) in [6.45, 7) is 1.75. The summed E-state index contributed by atoms with van der Waals surface area (Å²) in [4.78, 5) is 11.3. The van der Waals surface area contributed by atoms with Crippen LogP contribution in [0.5, 0.6) is 0 Å². The van der Waals surface area contributed by atoms with E-state index < -0.39 is 6.10 Å². The molecule has 0 heterocycles. The highest BCUT2D eigenvalue weighted by Gasteiger charge is 2.07. The Kier molecular flexibility index (Phi) is 16.8. The number of allylic oxidation sites excluding steroid dienone is 2. The van der Waals surface area contributed by atoms with Gasteiger partial charge in [-0.15, -0.1) is 0 Å². The van der Waals surface area contributed by atoms with Crippen LogP contribution >= 0.6 is 0 Å². The van der Waals surface area contributed by atoms with E-state index in [1.165, 1.54) is 44.9 Å². The van der Waals surface area contributed by atoms with Crippen molar-refractivity contribution >= 4 is 5.97 Å². The monoisotopic (exact) mass is 328 g/mol. The zero-order valence-corrected chi connectivity index (χ0v) is 14.8. The fraction of sp³-hybridized carbons (Fsp3) is 0.842. The molecule has 4 heteroatoms. The Morgan fingerprint density at radius 1 is 0.957 bits per heavy atom. The summed E-state index contributed by atoms with van der Waals surface area (Å²) in [7, 11) is 0. The Morgan fingerprint density at radius 3 is 2.13 bits per heavy atom. The molecule has 4 nitrogen and oxygen atoms in total. The standard InChI is InChI=1S/C19H36O4/c1-2-3-4-5-6-7-8-9-10-11-12-13-14-15-19(22)23-17-18(21)16-20/h7-8,18,20-21H,2-6,9-17H2,1H3. The normalized spacial score (nSPS) is 12.7. The molecular formula is C19H36O4. The second-order valence-corrected chi connectivity index (χ2v) is 6.15.